The minimum Gasteiger partial charge on any atom is -0.357 e. The number of aryl methyl sites for hydroxylation is 1. The van der Waals surface area contributed by atoms with Crippen molar-refractivity contribution >= 4 is 11.7 Å². The number of nitrogens with one attached hydrogen (secondary N) is 1. The standard InChI is InChI=1S/C22H25N5O2/c1-16-6-8-17(9-7-16)15-24-21(28)22-25-20(26-29-22)18-10-11-23-19(14-18)27-12-4-2-3-5-13-27/h6-11,14H,2-5,12-13,15H2,1H3,(H,24,28). The molecule has 7 heteroatoms. The first kappa shape index (κ1) is 19.1. The number of carbonyl (C=O) groups is 1. The smallest absolute Gasteiger partial charge is 0.316 e. The van der Waals surface area contributed by atoms with Gasteiger partial charge in [-0.15, -0.1) is 0 Å². The minimum absolute atomic E-state index is 0.0414. The highest BCUT2D eigenvalue weighted by Crippen LogP contribution is 2.23. The van der Waals surface area contributed by atoms with Crippen molar-refractivity contribution < 1.29 is 9.32 Å². The van der Waals surface area contributed by atoms with Crippen LogP contribution in [0.25, 0.3) is 11.4 Å². The van der Waals surface area contributed by atoms with Gasteiger partial charge in [0.1, 0.15) is 5.82 Å². The summed E-state index contributed by atoms with van der Waals surface area (Å²) in [5.41, 5.74) is 2.99. The van der Waals surface area contributed by atoms with Gasteiger partial charge in [-0.05, 0) is 37.5 Å². The Morgan fingerprint density at radius 3 is 2.62 bits per heavy atom. The van der Waals surface area contributed by atoms with E-state index in [1.54, 1.807) is 6.20 Å². The fourth-order valence-corrected chi connectivity index (χ4v) is 3.43. The molecule has 0 bridgehead atoms. The lowest BCUT2D eigenvalue weighted by Crippen LogP contribution is -2.24. The molecule has 0 atom stereocenters. The predicted molar refractivity (Wildman–Crippen MR) is 111 cm³/mol. The predicted octanol–water partition coefficient (Wildman–Crippen LogP) is 3.75. The number of amides is 1. The first-order chi connectivity index (χ1) is 14.2. The van der Waals surface area contributed by atoms with Gasteiger partial charge in [-0.2, -0.15) is 4.98 Å². The number of aromatic nitrogens is 3. The molecule has 1 amide bonds. The second kappa shape index (κ2) is 8.86. The monoisotopic (exact) mass is 391 g/mol. The van der Waals surface area contributed by atoms with Crippen LogP contribution in [-0.4, -0.2) is 34.1 Å². The molecule has 0 spiro atoms. The Morgan fingerprint density at radius 2 is 1.86 bits per heavy atom. The van der Waals surface area contributed by atoms with Crippen molar-refractivity contribution in [1.29, 1.82) is 0 Å². The summed E-state index contributed by atoms with van der Waals surface area (Å²) >= 11 is 0. The molecule has 0 aliphatic carbocycles. The summed E-state index contributed by atoms with van der Waals surface area (Å²) in [6, 6.07) is 11.8. The van der Waals surface area contributed by atoms with Crippen LogP contribution in [0.3, 0.4) is 0 Å². The van der Waals surface area contributed by atoms with Crippen molar-refractivity contribution in [3.8, 4) is 11.4 Å². The molecule has 29 heavy (non-hydrogen) atoms. The molecule has 4 rings (SSSR count). The van der Waals surface area contributed by atoms with E-state index in [0.717, 1.165) is 30.0 Å². The molecule has 1 aromatic carbocycles. The van der Waals surface area contributed by atoms with Gasteiger partial charge in [0.25, 0.3) is 0 Å². The molecule has 3 heterocycles. The van der Waals surface area contributed by atoms with E-state index in [2.05, 4.69) is 25.3 Å². The van der Waals surface area contributed by atoms with E-state index in [0.29, 0.717) is 12.4 Å². The maximum Gasteiger partial charge on any atom is 0.316 e. The van der Waals surface area contributed by atoms with Gasteiger partial charge in [-0.25, -0.2) is 4.98 Å². The highest BCUT2D eigenvalue weighted by Gasteiger charge is 2.17. The van der Waals surface area contributed by atoms with E-state index in [1.165, 1.54) is 31.2 Å². The van der Waals surface area contributed by atoms with Crippen molar-refractivity contribution in [2.45, 2.75) is 39.2 Å². The Morgan fingerprint density at radius 1 is 1.10 bits per heavy atom. The van der Waals surface area contributed by atoms with Crippen LogP contribution in [0.2, 0.25) is 0 Å². The van der Waals surface area contributed by atoms with Gasteiger partial charge >= 0.3 is 11.8 Å². The number of nitrogens with zero attached hydrogens (tertiary/aromatic N) is 4. The van der Waals surface area contributed by atoms with E-state index >= 15 is 0 Å². The molecule has 0 saturated carbocycles. The molecule has 1 aliphatic heterocycles. The average molecular weight is 391 g/mol. The van der Waals surface area contributed by atoms with E-state index in [1.807, 2.05) is 43.3 Å². The summed E-state index contributed by atoms with van der Waals surface area (Å²) in [6.07, 6.45) is 6.64. The van der Waals surface area contributed by atoms with Crippen molar-refractivity contribution in [1.82, 2.24) is 20.4 Å². The minimum atomic E-state index is -0.383. The SMILES string of the molecule is Cc1ccc(CNC(=O)c2nc(-c3ccnc(N4CCCCCC4)c3)no2)cc1. The number of rotatable bonds is 5. The lowest BCUT2D eigenvalue weighted by Gasteiger charge is -2.21. The Labute approximate surface area is 170 Å². The zero-order valence-corrected chi connectivity index (χ0v) is 16.6. The largest absolute Gasteiger partial charge is 0.357 e. The molecule has 1 fully saturated rings. The number of benzene rings is 1. The zero-order valence-electron chi connectivity index (χ0n) is 16.6. The van der Waals surface area contributed by atoms with Gasteiger partial charge in [0, 0.05) is 31.4 Å². The van der Waals surface area contributed by atoms with E-state index in [-0.39, 0.29) is 11.8 Å². The Kier molecular flexibility index (Phi) is 5.84. The molecule has 0 radical (unpaired) electrons. The van der Waals surface area contributed by atoms with Crippen molar-refractivity contribution in [2.75, 3.05) is 18.0 Å². The van der Waals surface area contributed by atoms with Gasteiger partial charge in [0.2, 0.25) is 5.82 Å². The van der Waals surface area contributed by atoms with Crippen LogP contribution >= 0.6 is 0 Å². The number of hydrogen-bond acceptors (Lipinski definition) is 6. The third kappa shape index (κ3) is 4.80. The summed E-state index contributed by atoms with van der Waals surface area (Å²) in [4.78, 5) is 23.4. The highest BCUT2D eigenvalue weighted by molar-refractivity contribution is 5.89. The fourth-order valence-electron chi connectivity index (χ4n) is 3.43. The Balaban J connectivity index is 1.43. The van der Waals surface area contributed by atoms with Gasteiger partial charge in [-0.3, -0.25) is 4.79 Å². The second-order valence-corrected chi connectivity index (χ2v) is 7.40. The Hall–Kier alpha value is -3.22. The van der Waals surface area contributed by atoms with Crippen LogP contribution in [0, 0.1) is 6.92 Å². The molecule has 3 aromatic rings. The summed E-state index contributed by atoms with van der Waals surface area (Å²) in [7, 11) is 0. The average Bonchev–Trinajstić information content (AvgIpc) is 3.09. The lowest BCUT2D eigenvalue weighted by atomic mass is 10.1. The number of anilines is 1. The van der Waals surface area contributed by atoms with Crippen LogP contribution in [0.15, 0.2) is 47.1 Å². The maximum absolute atomic E-state index is 12.4. The lowest BCUT2D eigenvalue weighted by molar-refractivity contribution is 0.0907. The molecular weight excluding hydrogens is 366 g/mol. The van der Waals surface area contributed by atoms with Gasteiger partial charge < -0.3 is 14.7 Å². The third-order valence-electron chi connectivity index (χ3n) is 5.13. The first-order valence-corrected chi connectivity index (χ1v) is 10.1. The van der Waals surface area contributed by atoms with E-state index in [4.69, 9.17) is 4.52 Å². The van der Waals surface area contributed by atoms with Crippen molar-refractivity contribution in [2.24, 2.45) is 0 Å². The third-order valence-corrected chi connectivity index (χ3v) is 5.13. The number of carbonyl (C=O) groups excluding carboxylic acids is 1. The summed E-state index contributed by atoms with van der Waals surface area (Å²) in [5.74, 6) is 0.884. The summed E-state index contributed by atoms with van der Waals surface area (Å²) in [5, 5.41) is 6.80. The number of pyridine rings is 1. The van der Waals surface area contributed by atoms with Crippen molar-refractivity contribution in [3.05, 3.63) is 59.6 Å². The van der Waals surface area contributed by atoms with E-state index < -0.39 is 0 Å². The molecule has 7 nitrogen and oxygen atoms in total. The van der Waals surface area contributed by atoms with Gasteiger partial charge in [0.05, 0.1) is 0 Å². The fraction of sp³-hybridized carbons (Fsp3) is 0.364. The summed E-state index contributed by atoms with van der Waals surface area (Å²) in [6.45, 7) is 4.45. The molecule has 2 aromatic heterocycles. The summed E-state index contributed by atoms with van der Waals surface area (Å²) < 4.78 is 5.19. The van der Waals surface area contributed by atoms with Crippen LogP contribution in [0.5, 0.6) is 0 Å². The second-order valence-electron chi connectivity index (χ2n) is 7.40. The first-order valence-electron chi connectivity index (χ1n) is 10.1. The normalized spacial score (nSPS) is 14.4. The van der Waals surface area contributed by atoms with E-state index in [9.17, 15) is 4.79 Å². The van der Waals surface area contributed by atoms with Gasteiger partial charge in [-0.1, -0.05) is 47.8 Å². The van der Waals surface area contributed by atoms with Crippen LogP contribution in [0.4, 0.5) is 5.82 Å². The molecule has 1 N–H and O–H groups in total. The molecule has 150 valence electrons. The molecule has 1 aliphatic rings. The highest BCUT2D eigenvalue weighted by atomic mass is 16.5. The van der Waals surface area contributed by atoms with Crippen LogP contribution in [0.1, 0.15) is 47.5 Å². The molecular formula is C22H25N5O2. The van der Waals surface area contributed by atoms with Gasteiger partial charge in [0.15, 0.2) is 0 Å². The quantitative estimate of drug-likeness (QED) is 0.713. The van der Waals surface area contributed by atoms with Crippen LogP contribution < -0.4 is 10.2 Å². The van der Waals surface area contributed by atoms with Crippen molar-refractivity contribution in [3.63, 3.8) is 0 Å². The molecule has 0 unspecified atom stereocenters. The van der Waals surface area contributed by atoms with Crippen LogP contribution in [-0.2, 0) is 6.54 Å². The zero-order chi connectivity index (χ0) is 20.1. The number of hydrogen-bond donors (Lipinski definition) is 1. The maximum atomic E-state index is 12.4. The Bertz CT molecular complexity index is 959. The topological polar surface area (TPSA) is 84.2 Å². The molecule has 1 saturated heterocycles.